The van der Waals surface area contributed by atoms with Crippen LogP contribution in [0.2, 0.25) is 0 Å². The number of esters is 2. The molecule has 1 aliphatic carbocycles. The zero-order valence-corrected chi connectivity index (χ0v) is 22.2. The van der Waals surface area contributed by atoms with E-state index in [2.05, 4.69) is 43.0 Å². The predicted molar refractivity (Wildman–Crippen MR) is 144 cm³/mol. The summed E-state index contributed by atoms with van der Waals surface area (Å²) in [5.41, 5.74) is 4.27. The molecule has 0 unspecified atom stereocenters. The lowest BCUT2D eigenvalue weighted by Crippen LogP contribution is -2.28. The molecule has 0 spiro atoms. The number of carbonyl (C=O) groups excluding carboxylic acids is 2. The van der Waals surface area contributed by atoms with Gasteiger partial charge in [-0.2, -0.15) is 0 Å². The van der Waals surface area contributed by atoms with Gasteiger partial charge in [0.2, 0.25) is 5.76 Å². The third-order valence-electron chi connectivity index (χ3n) is 6.90. The van der Waals surface area contributed by atoms with E-state index in [1.807, 2.05) is 30.3 Å². The molecule has 7 heteroatoms. The van der Waals surface area contributed by atoms with Gasteiger partial charge in [-0.15, -0.1) is 11.3 Å². The van der Waals surface area contributed by atoms with Gasteiger partial charge in [0.15, 0.2) is 0 Å². The summed E-state index contributed by atoms with van der Waals surface area (Å²) in [5, 5.41) is 2.83. The molecule has 1 aliphatic rings. The molecule has 4 aromatic rings. The fraction of sp³-hybridized carbons (Fsp3) is 0.300. The van der Waals surface area contributed by atoms with E-state index in [0.717, 1.165) is 45.5 Å². The summed E-state index contributed by atoms with van der Waals surface area (Å²) in [6, 6.07) is 14.9. The number of hydrogen-bond donors (Lipinski definition) is 0. The Morgan fingerprint density at radius 2 is 1.89 bits per heavy atom. The van der Waals surface area contributed by atoms with Crippen LogP contribution in [0.4, 0.5) is 0 Å². The number of ether oxygens (including phenoxy) is 2. The van der Waals surface area contributed by atoms with Crippen molar-refractivity contribution in [3.63, 3.8) is 0 Å². The SMILES string of the molecule is COC(=O)c1ccc(COC(=O)c2c3c(nc4ccccc24)/C(=C\c2cccs2)C[C@H](C(C)(C)C)C3)o1. The van der Waals surface area contributed by atoms with Gasteiger partial charge >= 0.3 is 11.9 Å². The number of allylic oxidation sites excluding steroid dienone is 1. The van der Waals surface area contributed by atoms with Crippen molar-refractivity contribution in [1.82, 2.24) is 4.98 Å². The number of pyridine rings is 1. The van der Waals surface area contributed by atoms with Crippen molar-refractivity contribution in [2.75, 3.05) is 7.11 Å². The molecular formula is C30H29NO5S. The maximum Gasteiger partial charge on any atom is 0.373 e. The van der Waals surface area contributed by atoms with Crippen LogP contribution in [-0.4, -0.2) is 24.0 Å². The van der Waals surface area contributed by atoms with E-state index in [-0.39, 0.29) is 17.8 Å². The number of nitrogens with zero attached hydrogens (tertiary/aromatic N) is 1. The number of carbonyl (C=O) groups is 2. The third kappa shape index (κ3) is 5.09. The Kier molecular flexibility index (Phi) is 6.73. The van der Waals surface area contributed by atoms with Crippen molar-refractivity contribution in [3.05, 3.63) is 87.1 Å². The van der Waals surface area contributed by atoms with Gasteiger partial charge in [0, 0.05) is 10.3 Å². The molecule has 0 radical (unpaired) electrons. The summed E-state index contributed by atoms with van der Waals surface area (Å²) in [7, 11) is 1.29. The first-order chi connectivity index (χ1) is 17.7. The molecule has 0 N–H and O–H groups in total. The predicted octanol–water partition coefficient (Wildman–Crippen LogP) is 7.18. The Hall–Kier alpha value is -3.71. The van der Waals surface area contributed by atoms with E-state index in [9.17, 15) is 9.59 Å². The van der Waals surface area contributed by atoms with Crippen LogP contribution < -0.4 is 0 Å². The quantitative estimate of drug-likeness (QED) is 0.262. The van der Waals surface area contributed by atoms with Crippen LogP contribution in [-0.2, 0) is 22.5 Å². The number of furan rings is 1. The normalized spacial score (nSPS) is 16.5. The number of methoxy groups -OCH3 is 1. The lowest BCUT2D eigenvalue weighted by molar-refractivity contribution is 0.0438. The Morgan fingerprint density at radius 3 is 2.62 bits per heavy atom. The molecule has 1 atom stereocenters. The van der Waals surface area contributed by atoms with Crippen molar-refractivity contribution in [1.29, 1.82) is 0 Å². The summed E-state index contributed by atoms with van der Waals surface area (Å²) in [5.74, 6) is -0.252. The van der Waals surface area contributed by atoms with E-state index in [0.29, 0.717) is 17.2 Å². The highest BCUT2D eigenvalue weighted by molar-refractivity contribution is 7.10. The number of fused-ring (bicyclic) bond motifs is 2. The van der Waals surface area contributed by atoms with Crippen LogP contribution in [0.3, 0.4) is 0 Å². The van der Waals surface area contributed by atoms with E-state index in [1.165, 1.54) is 13.2 Å². The Labute approximate surface area is 219 Å². The van der Waals surface area contributed by atoms with Crippen molar-refractivity contribution in [2.24, 2.45) is 11.3 Å². The van der Waals surface area contributed by atoms with Crippen molar-refractivity contribution < 1.29 is 23.5 Å². The van der Waals surface area contributed by atoms with Crippen LogP contribution >= 0.6 is 11.3 Å². The number of para-hydroxylation sites is 1. The van der Waals surface area contributed by atoms with Crippen LogP contribution in [0.5, 0.6) is 0 Å². The number of rotatable bonds is 5. The summed E-state index contributed by atoms with van der Waals surface area (Å²) < 4.78 is 15.9. The second-order valence-electron chi connectivity index (χ2n) is 10.3. The number of hydrogen-bond acceptors (Lipinski definition) is 7. The summed E-state index contributed by atoms with van der Waals surface area (Å²) in [6.07, 6.45) is 3.82. The third-order valence-corrected chi connectivity index (χ3v) is 7.72. The summed E-state index contributed by atoms with van der Waals surface area (Å²) in [4.78, 5) is 31.6. The van der Waals surface area contributed by atoms with Crippen LogP contribution in [0, 0.1) is 11.3 Å². The molecule has 37 heavy (non-hydrogen) atoms. The summed E-state index contributed by atoms with van der Waals surface area (Å²) >= 11 is 1.69. The fourth-order valence-electron chi connectivity index (χ4n) is 4.79. The topological polar surface area (TPSA) is 78.6 Å². The highest BCUT2D eigenvalue weighted by Gasteiger charge is 2.35. The number of thiophene rings is 1. The average Bonchev–Trinajstić information content (AvgIpc) is 3.57. The second-order valence-corrected chi connectivity index (χ2v) is 11.3. The molecule has 0 aliphatic heterocycles. The minimum Gasteiger partial charge on any atom is -0.463 e. The van der Waals surface area contributed by atoms with Crippen LogP contribution in [0.1, 0.15) is 70.0 Å². The van der Waals surface area contributed by atoms with Gasteiger partial charge in [0.25, 0.3) is 0 Å². The molecule has 0 saturated carbocycles. The first kappa shape index (κ1) is 25.0. The Balaban J connectivity index is 1.58. The lowest BCUT2D eigenvalue weighted by Gasteiger charge is -2.36. The minimum absolute atomic E-state index is 0.0392. The van der Waals surface area contributed by atoms with Gasteiger partial charge in [-0.25, -0.2) is 14.6 Å². The molecule has 0 bridgehead atoms. The molecule has 0 saturated heterocycles. The van der Waals surface area contributed by atoms with Crippen molar-refractivity contribution in [3.8, 4) is 0 Å². The lowest BCUT2D eigenvalue weighted by atomic mass is 9.69. The first-order valence-corrected chi connectivity index (χ1v) is 13.1. The zero-order valence-electron chi connectivity index (χ0n) is 21.4. The standard InChI is InChI=1S/C30H29NO5S/c1-30(2,3)19-14-18(15-21-8-7-13-37-21)27-23(16-19)26(22-9-5-6-10-24(22)31-27)29(33)35-17-20-11-12-25(36-20)28(32)34-4/h5-13,15,19H,14,16-17H2,1-4H3/b18-15-/t19-/m0/s1. The molecule has 190 valence electrons. The van der Waals surface area contributed by atoms with E-state index in [1.54, 1.807) is 17.4 Å². The van der Waals surface area contributed by atoms with E-state index in [4.69, 9.17) is 14.1 Å². The molecule has 3 heterocycles. The fourth-order valence-corrected chi connectivity index (χ4v) is 5.47. The van der Waals surface area contributed by atoms with Gasteiger partial charge in [-0.1, -0.05) is 45.0 Å². The Bertz CT molecular complexity index is 1490. The molecule has 3 aromatic heterocycles. The van der Waals surface area contributed by atoms with Crippen LogP contribution in [0.15, 0.2) is 58.3 Å². The maximum absolute atomic E-state index is 13.7. The number of aromatic nitrogens is 1. The monoisotopic (exact) mass is 515 g/mol. The van der Waals surface area contributed by atoms with Gasteiger partial charge in [-0.3, -0.25) is 0 Å². The number of benzene rings is 1. The first-order valence-electron chi connectivity index (χ1n) is 12.2. The highest BCUT2D eigenvalue weighted by atomic mass is 32.1. The minimum atomic E-state index is -0.579. The molecule has 1 aromatic carbocycles. The van der Waals surface area contributed by atoms with E-state index < -0.39 is 11.9 Å². The smallest absolute Gasteiger partial charge is 0.373 e. The Morgan fingerprint density at radius 1 is 1.08 bits per heavy atom. The molecule has 0 fully saturated rings. The van der Waals surface area contributed by atoms with Gasteiger partial charge in [0.1, 0.15) is 12.4 Å². The second kappa shape index (κ2) is 9.98. The molecule has 5 rings (SSSR count). The van der Waals surface area contributed by atoms with Gasteiger partial charge in [0.05, 0.1) is 23.9 Å². The van der Waals surface area contributed by atoms with E-state index >= 15 is 0 Å². The van der Waals surface area contributed by atoms with Crippen LogP contribution in [0.25, 0.3) is 22.6 Å². The van der Waals surface area contributed by atoms with Gasteiger partial charge in [-0.05, 0) is 71.0 Å². The van der Waals surface area contributed by atoms with Gasteiger partial charge < -0.3 is 13.9 Å². The summed E-state index contributed by atoms with van der Waals surface area (Å²) in [6.45, 7) is 6.64. The zero-order chi connectivity index (χ0) is 26.2. The molecule has 6 nitrogen and oxygen atoms in total. The average molecular weight is 516 g/mol. The molecule has 0 amide bonds. The maximum atomic E-state index is 13.7. The largest absolute Gasteiger partial charge is 0.463 e. The highest BCUT2D eigenvalue weighted by Crippen LogP contribution is 2.45. The van der Waals surface area contributed by atoms with Crippen molar-refractivity contribution in [2.45, 2.75) is 40.2 Å². The molecular weight excluding hydrogens is 486 g/mol. The van der Waals surface area contributed by atoms with Crippen molar-refractivity contribution >= 4 is 45.8 Å².